The number of hydrogen-bond acceptors (Lipinski definition) is 4. The zero-order valence-corrected chi connectivity index (χ0v) is 15.4. The second-order valence-corrected chi connectivity index (χ2v) is 9.82. The van der Waals surface area contributed by atoms with Gasteiger partial charge < -0.3 is 0 Å². The monoisotopic (exact) mass is 403 g/mol. The number of rotatable bonds is 3. The first-order valence-electron chi connectivity index (χ1n) is 6.70. The second kappa shape index (κ2) is 5.77. The first kappa shape index (κ1) is 17.3. The molecule has 3 aromatic rings. The van der Waals surface area contributed by atoms with Gasteiger partial charge in [0.15, 0.2) is 0 Å². The predicted molar refractivity (Wildman–Crippen MR) is 93.7 cm³/mol. The van der Waals surface area contributed by atoms with Crippen LogP contribution in [0.5, 0.6) is 0 Å². The molecule has 0 N–H and O–H groups in total. The summed E-state index contributed by atoms with van der Waals surface area (Å²) in [7, 11) is -2.64. The molecule has 0 fully saturated rings. The summed E-state index contributed by atoms with van der Waals surface area (Å²) >= 11 is 5.94. The maximum Gasteiger partial charge on any atom is 0.268 e. The van der Waals surface area contributed by atoms with Crippen LogP contribution in [-0.2, 0) is 19.1 Å². The van der Waals surface area contributed by atoms with E-state index in [-0.39, 0.29) is 31.4 Å². The van der Waals surface area contributed by atoms with E-state index in [2.05, 4.69) is 0 Å². The van der Waals surface area contributed by atoms with Gasteiger partial charge in [-0.2, -0.15) is 0 Å². The van der Waals surface area contributed by atoms with Crippen LogP contribution < -0.4 is 0 Å². The number of hydrogen-bond donors (Lipinski definition) is 0. The summed E-state index contributed by atoms with van der Waals surface area (Å²) in [5.41, 5.74) is 0.200. The molecule has 0 radical (unpaired) electrons. The van der Waals surface area contributed by atoms with Crippen molar-refractivity contribution in [3.05, 3.63) is 59.2 Å². The highest BCUT2D eigenvalue weighted by Crippen LogP contribution is 2.36. The summed E-state index contributed by atoms with van der Waals surface area (Å²) in [6.45, 7) is 1.39. The highest BCUT2D eigenvalue weighted by molar-refractivity contribution is 8.14. The van der Waals surface area contributed by atoms with Crippen LogP contribution in [0.2, 0.25) is 5.02 Å². The quantitative estimate of drug-likeness (QED) is 0.623. The highest BCUT2D eigenvalue weighted by atomic mass is 35.7. The van der Waals surface area contributed by atoms with Crippen LogP contribution in [-0.4, -0.2) is 20.8 Å². The maximum atomic E-state index is 13.0. The molecule has 9 heteroatoms. The lowest BCUT2D eigenvalue weighted by Crippen LogP contribution is -2.14. The van der Waals surface area contributed by atoms with Crippen molar-refractivity contribution < 1.29 is 16.8 Å². The van der Waals surface area contributed by atoms with Crippen molar-refractivity contribution in [3.63, 3.8) is 0 Å². The third kappa shape index (κ3) is 2.71. The van der Waals surface area contributed by atoms with Crippen LogP contribution in [0.3, 0.4) is 0 Å². The zero-order chi connectivity index (χ0) is 17.7. The Balaban J connectivity index is 2.49. The Morgan fingerprint density at radius 1 is 0.958 bits per heavy atom. The van der Waals surface area contributed by atoms with E-state index in [4.69, 9.17) is 22.3 Å². The van der Waals surface area contributed by atoms with Gasteiger partial charge in [0.05, 0.1) is 16.1 Å². The summed E-state index contributed by atoms with van der Waals surface area (Å²) in [4.78, 5) is -0.223. The van der Waals surface area contributed by atoms with Gasteiger partial charge in [0, 0.05) is 21.1 Å². The molecule has 0 saturated heterocycles. The molecule has 0 unspecified atom stereocenters. The molecule has 0 amide bonds. The standard InChI is InChI=1S/C15H11Cl2NO4S2/c1-10-15(23(17,19)20)13-9-11(16)7-8-14(13)18(10)24(21,22)12-5-3-2-4-6-12/h2-9H,1H3. The Bertz CT molecular complexity index is 1150. The average molecular weight is 404 g/mol. The van der Waals surface area contributed by atoms with Gasteiger partial charge in [0.2, 0.25) is 0 Å². The van der Waals surface area contributed by atoms with E-state index >= 15 is 0 Å². The molecule has 0 aliphatic heterocycles. The lowest BCUT2D eigenvalue weighted by atomic mass is 10.2. The predicted octanol–water partition coefficient (Wildman–Crippen LogP) is 3.77. The van der Waals surface area contributed by atoms with E-state index in [1.54, 1.807) is 18.2 Å². The SMILES string of the molecule is Cc1c(S(=O)(=O)Cl)c2cc(Cl)ccc2n1S(=O)(=O)c1ccccc1. The topological polar surface area (TPSA) is 73.2 Å². The molecule has 0 atom stereocenters. The maximum absolute atomic E-state index is 13.0. The van der Waals surface area contributed by atoms with Crippen LogP contribution in [0.25, 0.3) is 10.9 Å². The minimum atomic E-state index is -4.17. The summed E-state index contributed by atoms with van der Waals surface area (Å²) in [5, 5.41) is 0.438. The molecule has 0 bridgehead atoms. The molecule has 126 valence electrons. The molecule has 1 aromatic heterocycles. The molecular weight excluding hydrogens is 393 g/mol. The van der Waals surface area contributed by atoms with Crippen LogP contribution in [0.1, 0.15) is 5.69 Å². The van der Waals surface area contributed by atoms with Gasteiger partial charge in [0.25, 0.3) is 19.1 Å². The van der Waals surface area contributed by atoms with E-state index in [1.807, 2.05) is 0 Å². The summed E-state index contributed by atoms with van der Waals surface area (Å²) in [5.74, 6) is 0. The molecule has 3 rings (SSSR count). The van der Waals surface area contributed by atoms with Crippen LogP contribution in [0.4, 0.5) is 0 Å². The van der Waals surface area contributed by atoms with E-state index in [1.165, 1.54) is 37.3 Å². The number of fused-ring (bicyclic) bond motifs is 1. The number of halogens is 2. The fourth-order valence-corrected chi connectivity index (χ4v) is 5.92. The Morgan fingerprint density at radius 2 is 1.58 bits per heavy atom. The molecule has 2 aromatic carbocycles. The van der Waals surface area contributed by atoms with Crippen molar-refractivity contribution in [2.45, 2.75) is 16.7 Å². The second-order valence-electron chi connectivity index (χ2n) is 5.10. The third-order valence-electron chi connectivity index (χ3n) is 3.58. The lowest BCUT2D eigenvalue weighted by Gasteiger charge is -2.10. The Hall–Kier alpha value is -1.54. The van der Waals surface area contributed by atoms with Gasteiger partial charge >= 0.3 is 0 Å². The largest absolute Gasteiger partial charge is 0.268 e. The van der Waals surface area contributed by atoms with Crippen molar-refractivity contribution in [1.82, 2.24) is 3.97 Å². The number of nitrogens with zero attached hydrogens (tertiary/aromatic N) is 1. The van der Waals surface area contributed by atoms with Gasteiger partial charge in [-0.05, 0) is 37.3 Å². The van der Waals surface area contributed by atoms with Crippen molar-refractivity contribution >= 4 is 52.3 Å². The minimum Gasteiger partial charge on any atom is -0.237 e. The fourth-order valence-electron chi connectivity index (χ4n) is 2.65. The average Bonchev–Trinajstić information content (AvgIpc) is 2.79. The third-order valence-corrected chi connectivity index (χ3v) is 7.10. The highest BCUT2D eigenvalue weighted by Gasteiger charge is 2.29. The van der Waals surface area contributed by atoms with Gasteiger partial charge in [-0.25, -0.2) is 20.8 Å². The molecule has 5 nitrogen and oxygen atoms in total. The zero-order valence-electron chi connectivity index (χ0n) is 12.3. The lowest BCUT2D eigenvalue weighted by molar-refractivity contribution is 0.587. The number of benzene rings is 2. The molecule has 0 spiro atoms. The summed E-state index contributed by atoms with van der Waals surface area (Å²) < 4.78 is 50.9. The molecular formula is C15H11Cl2NO4S2. The molecule has 1 heterocycles. The van der Waals surface area contributed by atoms with Crippen molar-refractivity contribution in [1.29, 1.82) is 0 Å². The molecule has 0 saturated carbocycles. The van der Waals surface area contributed by atoms with Gasteiger partial charge in [-0.1, -0.05) is 29.8 Å². The van der Waals surface area contributed by atoms with Gasteiger partial charge in [-0.3, -0.25) is 0 Å². The van der Waals surface area contributed by atoms with E-state index in [0.29, 0.717) is 0 Å². The molecule has 0 aliphatic carbocycles. The van der Waals surface area contributed by atoms with Gasteiger partial charge in [0.1, 0.15) is 4.90 Å². The Labute approximate surface area is 148 Å². The van der Waals surface area contributed by atoms with Crippen LogP contribution in [0, 0.1) is 6.92 Å². The Morgan fingerprint density at radius 3 is 2.17 bits per heavy atom. The fraction of sp³-hybridized carbons (Fsp3) is 0.0667. The first-order chi connectivity index (χ1) is 11.1. The van der Waals surface area contributed by atoms with E-state index < -0.39 is 19.1 Å². The van der Waals surface area contributed by atoms with Crippen molar-refractivity contribution in [2.24, 2.45) is 0 Å². The van der Waals surface area contributed by atoms with Crippen molar-refractivity contribution in [3.8, 4) is 0 Å². The number of aromatic nitrogens is 1. The Kier molecular flexibility index (Phi) is 4.16. The van der Waals surface area contributed by atoms with E-state index in [9.17, 15) is 16.8 Å². The summed E-state index contributed by atoms with van der Waals surface area (Å²) in [6.07, 6.45) is 0. The van der Waals surface area contributed by atoms with Crippen LogP contribution >= 0.6 is 22.3 Å². The summed E-state index contributed by atoms with van der Waals surface area (Å²) in [6, 6.07) is 12.1. The van der Waals surface area contributed by atoms with Crippen molar-refractivity contribution in [2.75, 3.05) is 0 Å². The van der Waals surface area contributed by atoms with Gasteiger partial charge in [-0.15, -0.1) is 0 Å². The smallest absolute Gasteiger partial charge is 0.237 e. The first-order valence-corrected chi connectivity index (χ1v) is 10.8. The molecule has 0 aliphatic rings. The molecule has 24 heavy (non-hydrogen) atoms. The van der Waals surface area contributed by atoms with Crippen LogP contribution in [0.15, 0.2) is 58.3 Å². The minimum absolute atomic E-state index is 0.00567. The van der Waals surface area contributed by atoms with E-state index in [0.717, 1.165) is 3.97 Å². The normalized spacial score (nSPS) is 12.6.